The molecule has 19 heavy (non-hydrogen) atoms. The molecular formula is C12H11F2N5. The minimum atomic E-state index is -0.721. The van der Waals surface area contributed by atoms with Crippen LogP contribution < -0.4 is 5.73 Å². The lowest BCUT2D eigenvalue weighted by Gasteiger charge is -2.04. The molecule has 5 nitrogen and oxygen atoms in total. The summed E-state index contributed by atoms with van der Waals surface area (Å²) in [6.45, 7) is 0.312. The summed E-state index contributed by atoms with van der Waals surface area (Å²) in [5, 5.41) is 4.20. The normalized spacial score (nSPS) is 11.3. The number of hydrogen-bond acceptors (Lipinski definition) is 3. The number of anilines is 1. The number of imidazole rings is 1. The predicted octanol–water partition coefficient (Wildman–Crippen LogP) is 1.68. The van der Waals surface area contributed by atoms with E-state index in [2.05, 4.69) is 10.1 Å². The Bertz CT molecular complexity index is 759. The molecule has 98 valence electrons. The van der Waals surface area contributed by atoms with Crippen LogP contribution >= 0.6 is 0 Å². The lowest BCUT2D eigenvalue weighted by Crippen LogP contribution is -2.05. The number of aryl methyl sites for hydroxylation is 1. The molecule has 7 heteroatoms. The fourth-order valence-corrected chi connectivity index (χ4v) is 2.04. The van der Waals surface area contributed by atoms with Gasteiger partial charge in [0.05, 0.1) is 17.8 Å². The van der Waals surface area contributed by atoms with Crippen molar-refractivity contribution in [3.05, 3.63) is 41.7 Å². The zero-order valence-corrected chi connectivity index (χ0v) is 10.1. The summed E-state index contributed by atoms with van der Waals surface area (Å²) in [6.07, 6.45) is 1.78. The summed E-state index contributed by atoms with van der Waals surface area (Å²) in [7, 11) is 1.79. The van der Waals surface area contributed by atoms with Gasteiger partial charge in [-0.2, -0.15) is 5.10 Å². The van der Waals surface area contributed by atoms with Crippen LogP contribution in [0.2, 0.25) is 0 Å². The summed E-state index contributed by atoms with van der Waals surface area (Å²) in [6, 6.07) is 3.81. The van der Waals surface area contributed by atoms with E-state index < -0.39 is 11.6 Å². The van der Waals surface area contributed by atoms with Gasteiger partial charge in [-0.05, 0) is 6.07 Å². The number of nitrogens with zero attached hydrogens (tertiary/aromatic N) is 4. The number of fused-ring (bicyclic) bond motifs is 1. The molecule has 0 amide bonds. The Morgan fingerprint density at radius 3 is 2.79 bits per heavy atom. The quantitative estimate of drug-likeness (QED) is 0.765. The molecule has 2 heterocycles. The predicted molar refractivity (Wildman–Crippen MR) is 66.4 cm³/mol. The van der Waals surface area contributed by atoms with Crippen LogP contribution in [-0.4, -0.2) is 19.3 Å². The van der Waals surface area contributed by atoms with Gasteiger partial charge in [-0.1, -0.05) is 0 Å². The highest BCUT2D eigenvalue weighted by molar-refractivity contribution is 5.79. The van der Waals surface area contributed by atoms with Gasteiger partial charge in [-0.3, -0.25) is 4.68 Å². The van der Waals surface area contributed by atoms with Gasteiger partial charge in [0.15, 0.2) is 5.82 Å². The number of aromatic nitrogens is 4. The maximum Gasteiger partial charge on any atom is 0.201 e. The van der Waals surface area contributed by atoms with E-state index in [-0.39, 0.29) is 11.5 Å². The highest BCUT2D eigenvalue weighted by atomic mass is 19.1. The highest BCUT2D eigenvalue weighted by Gasteiger charge is 2.14. The summed E-state index contributed by atoms with van der Waals surface area (Å²) in [5.41, 5.74) is 6.87. The van der Waals surface area contributed by atoms with Crippen LogP contribution in [0, 0.1) is 11.6 Å². The molecule has 0 aliphatic carbocycles. The van der Waals surface area contributed by atoms with Gasteiger partial charge in [-0.15, -0.1) is 0 Å². The van der Waals surface area contributed by atoms with Crippen LogP contribution in [0.5, 0.6) is 0 Å². The van der Waals surface area contributed by atoms with Crippen molar-refractivity contribution in [2.24, 2.45) is 7.05 Å². The topological polar surface area (TPSA) is 61.7 Å². The molecule has 0 radical (unpaired) electrons. The molecule has 0 spiro atoms. The monoisotopic (exact) mass is 263 g/mol. The second-order valence-corrected chi connectivity index (χ2v) is 4.29. The van der Waals surface area contributed by atoms with Crippen molar-refractivity contribution in [1.29, 1.82) is 0 Å². The largest absolute Gasteiger partial charge is 0.369 e. The SMILES string of the molecule is Cn1ccc(Cn2c(N)nc3c(F)cc(F)cc32)n1. The van der Waals surface area contributed by atoms with Crippen LogP contribution in [-0.2, 0) is 13.6 Å². The van der Waals surface area contributed by atoms with Crippen LogP contribution in [0.3, 0.4) is 0 Å². The molecule has 3 aromatic rings. The van der Waals surface area contributed by atoms with Gasteiger partial charge >= 0.3 is 0 Å². The van der Waals surface area contributed by atoms with E-state index in [9.17, 15) is 8.78 Å². The van der Waals surface area contributed by atoms with E-state index >= 15 is 0 Å². The highest BCUT2D eigenvalue weighted by Crippen LogP contribution is 2.22. The van der Waals surface area contributed by atoms with Gasteiger partial charge in [0, 0.05) is 25.4 Å². The van der Waals surface area contributed by atoms with Crippen molar-refractivity contribution in [3.8, 4) is 0 Å². The van der Waals surface area contributed by atoms with Gasteiger partial charge in [-0.25, -0.2) is 13.8 Å². The van der Waals surface area contributed by atoms with Crippen molar-refractivity contribution in [2.45, 2.75) is 6.54 Å². The molecule has 1 aromatic carbocycles. The Kier molecular flexibility index (Phi) is 2.48. The Hall–Kier alpha value is -2.44. The van der Waals surface area contributed by atoms with Crippen LogP contribution in [0.4, 0.5) is 14.7 Å². The summed E-state index contributed by atoms with van der Waals surface area (Å²) >= 11 is 0. The standard InChI is InChI=1S/C12H11F2N5/c1-18-3-2-8(17-18)6-19-10-5-7(13)4-9(14)11(10)16-12(19)15/h2-5H,6H2,1H3,(H2,15,16). The molecular weight excluding hydrogens is 252 g/mol. The molecule has 0 unspecified atom stereocenters. The average Bonchev–Trinajstić information content (AvgIpc) is 2.87. The van der Waals surface area contributed by atoms with Crippen molar-refractivity contribution >= 4 is 17.0 Å². The smallest absolute Gasteiger partial charge is 0.201 e. The molecule has 0 bridgehead atoms. The first-order valence-electron chi connectivity index (χ1n) is 5.64. The number of rotatable bonds is 2. The minimum Gasteiger partial charge on any atom is -0.369 e. The number of nitrogen functional groups attached to an aromatic ring is 1. The van der Waals surface area contributed by atoms with Gasteiger partial charge in [0.25, 0.3) is 0 Å². The molecule has 3 rings (SSSR count). The molecule has 2 N–H and O–H groups in total. The van der Waals surface area contributed by atoms with Gasteiger partial charge < -0.3 is 10.3 Å². The molecule has 0 saturated carbocycles. The third-order valence-corrected chi connectivity index (χ3v) is 2.89. The van der Waals surface area contributed by atoms with Gasteiger partial charge in [0.1, 0.15) is 11.3 Å². The van der Waals surface area contributed by atoms with E-state index in [1.54, 1.807) is 24.0 Å². The van der Waals surface area contributed by atoms with E-state index in [1.807, 2.05) is 0 Å². The zero-order chi connectivity index (χ0) is 13.6. The van der Waals surface area contributed by atoms with Crippen LogP contribution in [0.15, 0.2) is 24.4 Å². The Balaban J connectivity index is 2.15. The van der Waals surface area contributed by atoms with Crippen LogP contribution in [0.25, 0.3) is 11.0 Å². The molecule has 0 aliphatic heterocycles. The molecule has 2 aromatic heterocycles. The lowest BCUT2D eigenvalue weighted by atomic mass is 10.3. The van der Waals surface area contributed by atoms with Crippen molar-refractivity contribution < 1.29 is 8.78 Å². The Labute approximate surface area is 107 Å². The lowest BCUT2D eigenvalue weighted by molar-refractivity contribution is 0.590. The first-order chi connectivity index (χ1) is 9.04. The zero-order valence-electron chi connectivity index (χ0n) is 10.1. The summed E-state index contributed by atoms with van der Waals surface area (Å²) in [5.74, 6) is -1.25. The third kappa shape index (κ3) is 1.92. The molecule has 0 fully saturated rings. The number of nitrogens with two attached hydrogens (primary N) is 1. The van der Waals surface area contributed by atoms with E-state index in [0.29, 0.717) is 12.1 Å². The average molecular weight is 263 g/mol. The molecule has 0 saturated heterocycles. The van der Waals surface area contributed by atoms with E-state index in [0.717, 1.165) is 11.8 Å². The van der Waals surface area contributed by atoms with E-state index in [1.165, 1.54) is 10.6 Å². The summed E-state index contributed by atoms with van der Waals surface area (Å²) in [4.78, 5) is 3.92. The van der Waals surface area contributed by atoms with Crippen molar-refractivity contribution in [2.75, 3.05) is 5.73 Å². The van der Waals surface area contributed by atoms with Crippen molar-refractivity contribution in [1.82, 2.24) is 19.3 Å². The number of halogens is 2. The summed E-state index contributed by atoms with van der Waals surface area (Å²) < 4.78 is 30.1. The molecule has 0 aliphatic rings. The first-order valence-corrected chi connectivity index (χ1v) is 5.64. The number of hydrogen-bond donors (Lipinski definition) is 1. The van der Waals surface area contributed by atoms with Crippen molar-refractivity contribution in [3.63, 3.8) is 0 Å². The third-order valence-electron chi connectivity index (χ3n) is 2.89. The minimum absolute atomic E-state index is 0.0647. The van der Waals surface area contributed by atoms with Gasteiger partial charge in [0.2, 0.25) is 5.95 Å². The maximum atomic E-state index is 13.6. The number of benzene rings is 1. The Morgan fingerprint density at radius 2 is 2.11 bits per heavy atom. The first kappa shape index (κ1) is 11.6. The second kappa shape index (κ2) is 4.04. The van der Waals surface area contributed by atoms with Crippen LogP contribution in [0.1, 0.15) is 5.69 Å². The fraction of sp³-hybridized carbons (Fsp3) is 0.167. The maximum absolute atomic E-state index is 13.6. The Morgan fingerprint density at radius 1 is 1.32 bits per heavy atom. The van der Waals surface area contributed by atoms with E-state index in [4.69, 9.17) is 5.73 Å². The molecule has 0 atom stereocenters. The second-order valence-electron chi connectivity index (χ2n) is 4.29. The fourth-order valence-electron chi connectivity index (χ4n) is 2.04.